The molecule has 0 saturated heterocycles. The summed E-state index contributed by atoms with van der Waals surface area (Å²) in [7, 11) is 1.45. The lowest BCUT2D eigenvalue weighted by Gasteiger charge is -2.25. The molecule has 0 N–H and O–H groups in total. The molecular weight excluding hydrogens is 260 g/mol. The molecule has 1 aromatic carbocycles. The Morgan fingerprint density at radius 3 is 2.33 bits per heavy atom. The Bertz CT molecular complexity index is 418. The van der Waals surface area contributed by atoms with E-state index < -0.39 is 0 Å². The molecule has 0 unspecified atom stereocenters. The van der Waals surface area contributed by atoms with Crippen LogP contribution in [0, 0.1) is 0 Å². The minimum Gasteiger partial charge on any atom is -0.469 e. The summed E-state index contributed by atoms with van der Waals surface area (Å²) in [6, 6.07) is 9.01. The molecule has 1 aromatic rings. The quantitative estimate of drug-likeness (QED) is 0.470. The summed E-state index contributed by atoms with van der Waals surface area (Å²) in [5, 5.41) is 0. The van der Waals surface area contributed by atoms with Gasteiger partial charge in [0.25, 0.3) is 0 Å². The number of hydrogen-bond acceptors (Lipinski definition) is 2. The summed E-state index contributed by atoms with van der Waals surface area (Å²) in [6.45, 7) is 6.73. The van der Waals surface area contributed by atoms with Crippen molar-refractivity contribution >= 4 is 5.97 Å². The van der Waals surface area contributed by atoms with Crippen LogP contribution in [0.15, 0.2) is 24.3 Å². The lowest BCUT2D eigenvalue weighted by atomic mass is 9.80. The zero-order chi connectivity index (χ0) is 15.7. The van der Waals surface area contributed by atoms with E-state index in [0.29, 0.717) is 6.42 Å². The zero-order valence-electron chi connectivity index (χ0n) is 14.1. The fourth-order valence-electron chi connectivity index (χ4n) is 2.62. The Morgan fingerprint density at radius 1 is 1.10 bits per heavy atom. The maximum absolute atomic E-state index is 11.2. The van der Waals surface area contributed by atoms with Crippen molar-refractivity contribution in [3.8, 4) is 0 Å². The smallest absolute Gasteiger partial charge is 0.305 e. The van der Waals surface area contributed by atoms with Gasteiger partial charge in [0.1, 0.15) is 0 Å². The highest BCUT2D eigenvalue weighted by molar-refractivity contribution is 5.69. The largest absolute Gasteiger partial charge is 0.469 e. The molecule has 0 amide bonds. The SMILES string of the molecule is CCCCCc1ccc(C(C)(C)CCCC(=O)OC)cc1. The molecule has 0 aromatic heterocycles. The topological polar surface area (TPSA) is 26.3 Å². The van der Waals surface area contributed by atoms with Crippen LogP contribution in [-0.2, 0) is 21.4 Å². The molecule has 0 aliphatic rings. The van der Waals surface area contributed by atoms with E-state index in [1.165, 1.54) is 43.9 Å². The highest BCUT2D eigenvalue weighted by atomic mass is 16.5. The monoisotopic (exact) mass is 290 g/mol. The van der Waals surface area contributed by atoms with Gasteiger partial charge in [-0.3, -0.25) is 4.79 Å². The molecule has 118 valence electrons. The molecule has 0 bridgehead atoms. The average molecular weight is 290 g/mol. The summed E-state index contributed by atoms with van der Waals surface area (Å²) >= 11 is 0. The maximum atomic E-state index is 11.2. The van der Waals surface area contributed by atoms with Crippen LogP contribution in [0.1, 0.15) is 70.4 Å². The van der Waals surface area contributed by atoms with Crippen molar-refractivity contribution < 1.29 is 9.53 Å². The molecule has 2 nitrogen and oxygen atoms in total. The first-order valence-electron chi connectivity index (χ1n) is 8.16. The van der Waals surface area contributed by atoms with E-state index in [9.17, 15) is 4.79 Å². The summed E-state index contributed by atoms with van der Waals surface area (Å²) in [4.78, 5) is 11.2. The normalized spacial score (nSPS) is 11.4. The molecule has 0 aliphatic heterocycles. The van der Waals surface area contributed by atoms with Gasteiger partial charge in [-0.2, -0.15) is 0 Å². The summed E-state index contributed by atoms with van der Waals surface area (Å²) in [5.74, 6) is -0.114. The van der Waals surface area contributed by atoms with Gasteiger partial charge in [-0.1, -0.05) is 57.9 Å². The number of carbonyl (C=O) groups is 1. The first-order chi connectivity index (χ1) is 9.99. The Hall–Kier alpha value is -1.31. The van der Waals surface area contributed by atoms with Crippen molar-refractivity contribution in [1.82, 2.24) is 0 Å². The minimum atomic E-state index is -0.114. The third-order valence-electron chi connectivity index (χ3n) is 4.21. The van der Waals surface area contributed by atoms with E-state index in [0.717, 1.165) is 12.8 Å². The average Bonchev–Trinajstić information content (AvgIpc) is 2.47. The third-order valence-corrected chi connectivity index (χ3v) is 4.21. The van der Waals surface area contributed by atoms with Crippen LogP contribution in [-0.4, -0.2) is 13.1 Å². The van der Waals surface area contributed by atoms with Gasteiger partial charge in [0.2, 0.25) is 0 Å². The van der Waals surface area contributed by atoms with Crippen LogP contribution in [0.5, 0.6) is 0 Å². The molecule has 1 rings (SSSR count). The van der Waals surface area contributed by atoms with E-state index in [1.54, 1.807) is 0 Å². The van der Waals surface area contributed by atoms with Crippen LogP contribution >= 0.6 is 0 Å². The Kier molecular flexibility index (Phi) is 7.49. The lowest BCUT2D eigenvalue weighted by Crippen LogP contribution is -2.17. The molecule has 2 heteroatoms. The highest BCUT2D eigenvalue weighted by Gasteiger charge is 2.20. The number of ether oxygens (including phenoxy) is 1. The van der Waals surface area contributed by atoms with Crippen molar-refractivity contribution in [2.45, 2.75) is 71.1 Å². The van der Waals surface area contributed by atoms with Crippen LogP contribution in [0.3, 0.4) is 0 Å². The molecule has 0 saturated carbocycles. The maximum Gasteiger partial charge on any atom is 0.305 e. The lowest BCUT2D eigenvalue weighted by molar-refractivity contribution is -0.140. The molecule has 21 heavy (non-hydrogen) atoms. The van der Waals surface area contributed by atoms with Crippen molar-refractivity contribution in [3.63, 3.8) is 0 Å². The minimum absolute atomic E-state index is 0.107. The number of aryl methyl sites for hydroxylation is 1. The van der Waals surface area contributed by atoms with Gasteiger partial charge in [0, 0.05) is 6.42 Å². The molecule has 0 spiro atoms. The van der Waals surface area contributed by atoms with E-state index >= 15 is 0 Å². The van der Waals surface area contributed by atoms with Gasteiger partial charge in [0.15, 0.2) is 0 Å². The number of benzene rings is 1. The van der Waals surface area contributed by atoms with E-state index in [1.807, 2.05) is 0 Å². The standard InChI is InChI=1S/C19H30O2/c1-5-6-7-9-16-11-13-17(14-12-16)19(2,3)15-8-10-18(20)21-4/h11-14H,5-10,15H2,1-4H3. The second-order valence-corrected chi connectivity index (χ2v) is 6.47. The van der Waals surface area contributed by atoms with E-state index in [4.69, 9.17) is 4.74 Å². The van der Waals surface area contributed by atoms with E-state index in [2.05, 4.69) is 45.0 Å². The van der Waals surface area contributed by atoms with Gasteiger partial charge in [-0.05, 0) is 42.2 Å². The van der Waals surface area contributed by atoms with Crippen molar-refractivity contribution in [2.75, 3.05) is 7.11 Å². The first-order valence-corrected chi connectivity index (χ1v) is 8.16. The molecule has 0 heterocycles. The second kappa shape index (κ2) is 8.86. The van der Waals surface area contributed by atoms with Crippen molar-refractivity contribution in [3.05, 3.63) is 35.4 Å². The van der Waals surface area contributed by atoms with E-state index in [-0.39, 0.29) is 11.4 Å². The van der Waals surface area contributed by atoms with Gasteiger partial charge in [-0.25, -0.2) is 0 Å². The molecule has 0 fully saturated rings. The summed E-state index contributed by atoms with van der Waals surface area (Å²) < 4.78 is 4.69. The van der Waals surface area contributed by atoms with Crippen LogP contribution in [0.4, 0.5) is 0 Å². The van der Waals surface area contributed by atoms with Gasteiger partial charge in [0.05, 0.1) is 7.11 Å². The fraction of sp³-hybridized carbons (Fsp3) is 0.632. The highest BCUT2D eigenvalue weighted by Crippen LogP contribution is 2.29. The molecule has 0 aliphatic carbocycles. The number of methoxy groups -OCH3 is 1. The summed E-state index contributed by atoms with van der Waals surface area (Å²) in [6.07, 6.45) is 7.41. The van der Waals surface area contributed by atoms with Crippen molar-refractivity contribution in [1.29, 1.82) is 0 Å². The fourth-order valence-corrected chi connectivity index (χ4v) is 2.62. The molecular formula is C19H30O2. The van der Waals surface area contributed by atoms with Gasteiger partial charge in [-0.15, -0.1) is 0 Å². The van der Waals surface area contributed by atoms with Crippen LogP contribution in [0.2, 0.25) is 0 Å². The number of rotatable bonds is 9. The third kappa shape index (κ3) is 6.33. The van der Waals surface area contributed by atoms with Crippen molar-refractivity contribution in [2.24, 2.45) is 0 Å². The predicted molar refractivity (Wildman–Crippen MR) is 88.6 cm³/mol. The number of unbranched alkanes of at least 4 members (excludes halogenated alkanes) is 2. The Balaban J connectivity index is 2.52. The van der Waals surface area contributed by atoms with Gasteiger partial charge < -0.3 is 4.74 Å². The van der Waals surface area contributed by atoms with Crippen LogP contribution < -0.4 is 0 Å². The summed E-state index contributed by atoms with van der Waals surface area (Å²) in [5.41, 5.74) is 2.89. The zero-order valence-corrected chi connectivity index (χ0v) is 14.1. The second-order valence-electron chi connectivity index (χ2n) is 6.47. The first kappa shape index (κ1) is 17.7. The Morgan fingerprint density at radius 2 is 1.76 bits per heavy atom. The molecule has 0 radical (unpaired) electrons. The van der Waals surface area contributed by atoms with Crippen LogP contribution in [0.25, 0.3) is 0 Å². The number of esters is 1. The Labute approximate surface area is 129 Å². The van der Waals surface area contributed by atoms with Gasteiger partial charge >= 0.3 is 5.97 Å². The number of carbonyl (C=O) groups excluding carboxylic acids is 1. The predicted octanol–water partition coefficient (Wildman–Crippen LogP) is 5.04. The number of hydrogen-bond donors (Lipinski definition) is 0. The molecule has 0 atom stereocenters.